The van der Waals surface area contributed by atoms with Crippen LogP contribution in [0.25, 0.3) is 0 Å². The van der Waals surface area contributed by atoms with Gasteiger partial charge in [0, 0.05) is 12.4 Å². The summed E-state index contributed by atoms with van der Waals surface area (Å²) in [5, 5.41) is 3.31. The Kier molecular flexibility index (Phi) is 8.39. The molecule has 1 aromatic carbocycles. The van der Waals surface area contributed by atoms with Crippen LogP contribution in [0.3, 0.4) is 0 Å². The van der Waals surface area contributed by atoms with E-state index in [1.165, 1.54) is 16.8 Å². The second-order valence-corrected chi connectivity index (χ2v) is 9.06. The maximum atomic E-state index is 5.96. The smallest absolute Gasteiger partial charge is 0.205 e. The minimum Gasteiger partial charge on any atom is -0.330 e. The summed E-state index contributed by atoms with van der Waals surface area (Å²) >= 11 is 0. The van der Waals surface area contributed by atoms with Crippen LogP contribution in [0.5, 0.6) is 0 Å². The summed E-state index contributed by atoms with van der Waals surface area (Å²) in [5.74, 6) is 0. The molecule has 2 atom stereocenters. The Morgan fingerprint density at radius 2 is 1.50 bits per heavy atom. The van der Waals surface area contributed by atoms with Crippen molar-refractivity contribution < 1.29 is 9.99 Å². The molecule has 1 aliphatic rings. The summed E-state index contributed by atoms with van der Waals surface area (Å²) in [6.07, 6.45) is 7.54. The molecule has 0 saturated carbocycles. The molecule has 0 spiro atoms. The predicted molar refractivity (Wildman–Crippen MR) is 135 cm³/mol. The van der Waals surface area contributed by atoms with Crippen LogP contribution in [0.1, 0.15) is 65.8 Å². The van der Waals surface area contributed by atoms with E-state index in [2.05, 4.69) is 48.2 Å². The number of piperidine rings is 1. The highest BCUT2D eigenvalue weighted by atomic mass is 16.6. The van der Waals surface area contributed by atoms with E-state index >= 15 is 0 Å². The zero-order chi connectivity index (χ0) is 23.8. The van der Waals surface area contributed by atoms with Crippen molar-refractivity contribution in [3.8, 4) is 0 Å². The number of nitrogens with zero attached hydrogens (tertiary/aromatic N) is 3. The Bertz CT molecular complexity index is 1030. The molecule has 6 heteroatoms. The highest BCUT2D eigenvalue weighted by molar-refractivity contribution is 5.81. The number of aromatic nitrogens is 2. The molecule has 3 aromatic rings. The normalized spacial score (nSPS) is 19.9. The third-order valence-corrected chi connectivity index (χ3v) is 6.58. The first-order valence-corrected chi connectivity index (χ1v) is 12.2. The van der Waals surface area contributed by atoms with Crippen molar-refractivity contribution in [3.63, 3.8) is 0 Å². The molecule has 3 N–H and O–H groups in total. The van der Waals surface area contributed by atoms with Crippen LogP contribution < -0.4 is 10.9 Å². The Hall–Kier alpha value is -3.09. The van der Waals surface area contributed by atoms with Gasteiger partial charge in [-0.25, -0.2) is 0 Å². The molecule has 1 fully saturated rings. The van der Waals surface area contributed by atoms with E-state index in [-0.39, 0.29) is 12.1 Å². The van der Waals surface area contributed by atoms with Crippen molar-refractivity contribution in [2.75, 3.05) is 13.1 Å². The topological polar surface area (TPSA) is 78.2 Å². The quantitative estimate of drug-likeness (QED) is 0.380. The molecule has 0 radical (unpaired) electrons. The number of aryl methyl sites for hydroxylation is 2. The van der Waals surface area contributed by atoms with Crippen molar-refractivity contribution in [2.45, 2.75) is 58.2 Å². The fraction of sp³-hybridized carbons (Fsp3) is 0.393. The fourth-order valence-electron chi connectivity index (χ4n) is 4.83. The van der Waals surface area contributed by atoms with Crippen LogP contribution in [0.15, 0.2) is 67.0 Å². The zero-order valence-corrected chi connectivity index (χ0v) is 20.3. The molecular formula is C28H36N5O+. The third kappa shape index (κ3) is 5.88. The van der Waals surface area contributed by atoms with E-state index in [0.29, 0.717) is 13.2 Å². The average molecular weight is 459 g/mol. The first-order valence-electron chi connectivity index (χ1n) is 12.2. The number of likely N-dealkylation sites (tertiary alicyclic amines) is 1. The Morgan fingerprint density at radius 3 is 2.06 bits per heavy atom. The molecule has 2 aromatic heterocycles. The van der Waals surface area contributed by atoms with Gasteiger partial charge in [-0.15, -0.1) is 0 Å². The van der Waals surface area contributed by atoms with Crippen molar-refractivity contribution in [1.29, 1.82) is 0 Å². The molecule has 178 valence electrons. The summed E-state index contributed by atoms with van der Waals surface area (Å²) < 4.78 is 0. The predicted octanol–water partition coefficient (Wildman–Crippen LogP) is 3.36. The molecule has 3 heterocycles. The largest absolute Gasteiger partial charge is 0.330 e. The second-order valence-electron chi connectivity index (χ2n) is 9.06. The fourth-order valence-corrected chi connectivity index (χ4v) is 4.83. The van der Waals surface area contributed by atoms with Crippen molar-refractivity contribution in [1.82, 2.24) is 14.9 Å². The number of benzene rings is 1. The molecule has 1 aliphatic heterocycles. The number of unbranched alkanes of at least 4 members (excludes halogenated alkanes) is 1. The van der Waals surface area contributed by atoms with Crippen LogP contribution >= 0.6 is 0 Å². The standard InChI is InChI=1S/C28H35N5O/c1-21-10-8-15-30-27(21)25-18-24(32-34-20-23-12-4-3-5-13-23)19-26(33(25)17-7-6-14-29)28-22(2)11-9-16-31-28/h3-5,8-13,15-16,25-26H,6-7,14,17-20,29H2,1-2H3/p+1/t25-,26+. The minimum atomic E-state index is 0.141. The van der Waals surface area contributed by atoms with Crippen molar-refractivity contribution in [3.05, 3.63) is 95.1 Å². The maximum Gasteiger partial charge on any atom is 0.205 e. The van der Waals surface area contributed by atoms with Gasteiger partial charge in [0.05, 0.1) is 36.3 Å². The Labute approximate surface area is 202 Å². The van der Waals surface area contributed by atoms with Crippen LogP contribution in [0.2, 0.25) is 0 Å². The lowest BCUT2D eigenvalue weighted by Gasteiger charge is -2.41. The van der Waals surface area contributed by atoms with Crippen molar-refractivity contribution in [2.24, 2.45) is 5.73 Å². The van der Waals surface area contributed by atoms with Gasteiger partial charge in [-0.2, -0.15) is 0 Å². The van der Waals surface area contributed by atoms with Gasteiger partial charge < -0.3 is 5.73 Å². The third-order valence-electron chi connectivity index (χ3n) is 6.58. The Morgan fingerprint density at radius 1 is 0.882 bits per heavy atom. The zero-order valence-electron chi connectivity index (χ0n) is 20.3. The molecule has 34 heavy (non-hydrogen) atoms. The van der Waals surface area contributed by atoms with Crippen LogP contribution in [0, 0.1) is 13.8 Å². The van der Waals surface area contributed by atoms with Gasteiger partial charge in [0.1, 0.15) is 0 Å². The monoisotopic (exact) mass is 458 g/mol. The number of pyridine rings is 2. The average Bonchev–Trinajstić information content (AvgIpc) is 2.86. The van der Waals surface area contributed by atoms with Crippen LogP contribution in [-0.4, -0.2) is 33.7 Å². The van der Waals surface area contributed by atoms with E-state index in [1.807, 2.05) is 42.7 Å². The lowest BCUT2D eigenvalue weighted by Crippen LogP contribution is -2.73. The van der Waals surface area contributed by atoms with Crippen LogP contribution in [-0.2, 0) is 11.4 Å². The SMILES string of the molecule is Cc1cccnc1[C@H]1CC(=[NH+]OCc2ccccc2)C[C@@H](c2ncccc2C)N1CCCCN. The van der Waals surface area contributed by atoms with Crippen LogP contribution in [0.4, 0.5) is 0 Å². The first kappa shape index (κ1) is 24.0. The molecule has 4 rings (SSSR count). The summed E-state index contributed by atoms with van der Waals surface area (Å²) in [4.78, 5) is 18.2. The molecule has 1 saturated heterocycles. The molecule has 0 unspecified atom stereocenters. The molecule has 0 bridgehead atoms. The summed E-state index contributed by atoms with van der Waals surface area (Å²) in [5.41, 5.74) is 12.8. The van der Waals surface area contributed by atoms with Gasteiger partial charge in [-0.1, -0.05) is 42.5 Å². The second kappa shape index (κ2) is 11.9. The highest BCUT2D eigenvalue weighted by Crippen LogP contribution is 2.40. The van der Waals surface area contributed by atoms with E-state index in [1.54, 1.807) is 0 Å². The molecule has 6 nitrogen and oxygen atoms in total. The minimum absolute atomic E-state index is 0.141. The number of hydrogen-bond acceptors (Lipinski definition) is 5. The number of hydrogen-bond donors (Lipinski definition) is 2. The number of nitrogens with one attached hydrogen (secondary N) is 1. The first-order chi connectivity index (χ1) is 16.7. The van der Waals surface area contributed by atoms with Gasteiger partial charge in [0.2, 0.25) is 5.71 Å². The van der Waals surface area contributed by atoms with E-state index in [9.17, 15) is 0 Å². The number of nitrogens with two attached hydrogens (primary N) is 1. The van der Waals surface area contributed by atoms with E-state index in [4.69, 9.17) is 20.5 Å². The summed E-state index contributed by atoms with van der Waals surface area (Å²) in [7, 11) is 0. The highest BCUT2D eigenvalue weighted by Gasteiger charge is 2.40. The summed E-state index contributed by atoms with van der Waals surface area (Å²) in [6.45, 7) is 6.48. The van der Waals surface area contributed by atoms with Gasteiger partial charge in [-0.05, 0) is 73.8 Å². The lowest BCUT2D eigenvalue weighted by molar-refractivity contribution is -0.760. The molecular weight excluding hydrogens is 422 g/mol. The number of rotatable bonds is 9. The van der Waals surface area contributed by atoms with Crippen molar-refractivity contribution >= 4 is 5.71 Å². The molecule has 0 amide bonds. The van der Waals surface area contributed by atoms with Gasteiger partial charge >= 0.3 is 0 Å². The molecule has 0 aliphatic carbocycles. The van der Waals surface area contributed by atoms with E-state index < -0.39 is 0 Å². The lowest BCUT2D eigenvalue weighted by atomic mass is 9.87. The van der Waals surface area contributed by atoms with Gasteiger partial charge in [-0.3, -0.25) is 19.7 Å². The Balaban J connectivity index is 1.67. The maximum absolute atomic E-state index is 5.96. The van der Waals surface area contributed by atoms with E-state index in [0.717, 1.165) is 49.2 Å². The summed E-state index contributed by atoms with van der Waals surface area (Å²) in [6, 6.07) is 18.8. The van der Waals surface area contributed by atoms with Gasteiger partial charge in [0.15, 0.2) is 6.61 Å². The van der Waals surface area contributed by atoms with Gasteiger partial charge in [0.25, 0.3) is 0 Å².